The summed E-state index contributed by atoms with van der Waals surface area (Å²) in [6.45, 7) is 8.19. The van der Waals surface area contributed by atoms with Gasteiger partial charge in [0.2, 0.25) is 0 Å². The van der Waals surface area contributed by atoms with Crippen LogP contribution in [0.2, 0.25) is 0 Å². The third-order valence-electron chi connectivity index (χ3n) is 2.88. The van der Waals surface area contributed by atoms with Gasteiger partial charge in [0, 0.05) is 0 Å². The van der Waals surface area contributed by atoms with Crippen molar-refractivity contribution in [3.05, 3.63) is 6.92 Å². The Morgan fingerprint density at radius 1 is 1.00 bits per heavy atom. The first-order valence-electron chi connectivity index (χ1n) is 3.86. The molecule has 1 heteroatoms. The van der Waals surface area contributed by atoms with Gasteiger partial charge in [-0.15, -0.1) is 0 Å². The van der Waals surface area contributed by atoms with Crippen LogP contribution < -0.4 is 0 Å². The van der Waals surface area contributed by atoms with E-state index in [-0.39, 0.29) is 0 Å². The quantitative estimate of drug-likeness (QED) is 0.470. The largest absolute Gasteiger partial charge is 0.303 e. The zero-order valence-electron chi connectivity index (χ0n) is 5.90. The van der Waals surface area contributed by atoms with Gasteiger partial charge in [-0.1, -0.05) is 0 Å². The summed E-state index contributed by atoms with van der Waals surface area (Å²) >= 11 is 0. The van der Waals surface area contributed by atoms with E-state index < -0.39 is 0 Å². The van der Waals surface area contributed by atoms with Crippen LogP contribution in [0.5, 0.6) is 0 Å². The van der Waals surface area contributed by atoms with Gasteiger partial charge in [-0.25, -0.2) is 0 Å². The number of fused-ring (bicyclic) bond motifs is 3. The number of rotatable bonds is 0. The van der Waals surface area contributed by atoms with Gasteiger partial charge in [-0.2, -0.15) is 0 Å². The molecule has 0 aromatic heterocycles. The molecule has 0 atom stereocenters. The van der Waals surface area contributed by atoms with Gasteiger partial charge in [0.05, 0.1) is 0 Å². The van der Waals surface area contributed by atoms with Crippen molar-refractivity contribution < 1.29 is 0 Å². The minimum absolute atomic E-state index is 0.495. The smallest absolute Gasteiger partial charge is 0.00134 e. The Hall–Kier alpha value is -0.0400. The molecule has 3 aliphatic rings. The first-order valence-corrected chi connectivity index (χ1v) is 3.86. The molecule has 1 nitrogen and oxygen atoms in total. The summed E-state index contributed by atoms with van der Waals surface area (Å²) in [4.78, 5) is 2.55. The molecule has 0 N–H and O–H groups in total. The molecule has 0 aromatic rings. The molecule has 3 rings (SSSR count). The van der Waals surface area contributed by atoms with E-state index in [1.165, 1.54) is 38.9 Å². The van der Waals surface area contributed by atoms with Gasteiger partial charge in [0.15, 0.2) is 0 Å². The minimum atomic E-state index is 0.495. The van der Waals surface area contributed by atoms with Crippen LogP contribution in [-0.4, -0.2) is 24.5 Å². The van der Waals surface area contributed by atoms with Crippen molar-refractivity contribution in [2.24, 2.45) is 5.41 Å². The summed E-state index contributed by atoms with van der Waals surface area (Å²) in [6, 6.07) is 0. The predicted molar refractivity (Wildman–Crippen MR) is 38.1 cm³/mol. The molecular weight excluding hydrogens is 110 g/mol. The highest BCUT2D eigenvalue weighted by Gasteiger charge is 2.34. The Balaban J connectivity index is 2.11. The summed E-state index contributed by atoms with van der Waals surface area (Å²) in [6.07, 6.45) is 4.02. The molecule has 0 spiro atoms. The molecule has 2 bridgehead atoms. The molecule has 0 aliphatic carbocycles. The molecule has 0 aromatic carbocycles. The first-order chi connectivity index (χ1) is 4.29. The van der Waals surface area contributed by atoms with Gasteiger partial charge in [0.1, 0.15) is 0 Å². The normalized spacial score (nSPS) is 49.7. The highest BCUT2D eigenvalue weighted by atomic mass is 15.1. The Bertz CT molecular complexity index is 98.0. The van der Waals surface area contributed by atoms with Gasteiger partial charge >= 0.3 is 0 Å². The Morgan fingerprint density at radius 2 is 1.44 bits per heavy atom. The fourth-order valence-electron chi connectivity index (χ4n) is 1.90. The average Bonchev–Trinajstić information content (AvgIpc) is 1.90. The van der Waals surface area contributed by atoms with Crippen LogP contribution in [0, 0.1) is 12.3 Å². The van der Waals surface area contributed by atoms with Crippen molar-refractivity contribution in [2.75, 3.05) is 19.6 Å². The maximum absolute atomic E-state index is 4.26. The van der Waals surface area contributed by atoms with Crippen molar-refractivity contribution in [3.63, 3.8) is 0 Å². The molecule has 0 amide bonds. The molecule has 3 heterocycles. The second kappa shape index (κ2) is 1.72. The average molecular weight is 124 g/mol. The number of hydrogen-bond donors (Lipinski definition) is 0. The summed E-state index contributed by atoms with van der Waals surface area (Å²) in [5.74, 6) is 0. The number of hydrogen-bond acceptors (Lipinski definition) is 1. The maximum atomic E-state index is 4.26. The fraction of sp³-hybridized carbons (Fsp3) is 0.875. The number of nitrogens with zero attached hydrogens (tertiary/aromatic N) is 1. The van der Waals surface area contributed by atoms with Crippen LogP contribution in [0.3, 0.4) is 0 Å². The van der Waals surface area contributed by atoms with Gasteiger partial charge < -0.3 is 4.90 Å². The lowest BCUT2D eigenvalue weighted by Crippen LogP contribution is -2.46. The predicted octanol–water partition coefficient (Wildman–Crippen LogP) is 1.31. The summed E-state index contributed by atoms with van der Waals surface area (Å²) < 4.78 is 0. The van der Waals surface area contributed by atoms with E-state index >= 15 is 0 Å². The molecule has 1 radical (unpaired) electrons. The lowest BCUT2D eigenvalue weighted by molar-refractivity contribution is 0.0594. The van der Waals surface area contributed by atoms with Crippen molar-refractivity contribution >= 4 is 0 Å². The van der Waals surface area contributed by atoms with Crippen LogP contribution >= 0.6 is 0 Å². The van der Waals surface area contributed by atoms with E-state index in [2.05, 4.69) is 11.8 Å². The molecule has 9 heavy (non-hydrogen) atoms. The van der Waals surface area contributed by atoms with Crippen LogP contribution in [0.4, 0.5) is 0 Å². The second-order valence-electron chi connectivity index (χ2n) is 3.59. The van der Waals surface area contributed by atoms with Crippen molar-refractivity contribution in [3.8, 4) is 0 Å². The Kier molecular flexibility index (Phi) is 1.10. The number of piperidine rings is 3. The van der Waals surface area contributed by atoms with E-state index in [9.17, 15) is 0 Å². The van der Waals surface area contributed by atoms with Gasteiger partial charge in [0.25, 0.3) is 0 Å². The summed E-state index contributed by atoms with van der Waals surface area (Å²) in [5, 5.41) is 0. The highest BCUT2D eigenvalue weighted by Crippen LogP contribution is 2.38. The monoisotopic (exact) mass is 124 g/mol. The lowest BCUT2D eigenvalue weighted by Gasteiger charge is -2.46. The third kappa shape index (κ3) is 0.877. The molecule has 3 fully saturated rings. The van der Waals surface area contributed by atoms with Gasteiger partial charge in [-0.05, 0) is 51.2 Å². The molecule has 3 aliphatic heterocycles. The van der Waals surface area contributed by atoms with E-state index in [1.54, 1.807) is 0 Å². The zero-order chi connectivity index (χ0) is 6.32. The van der Waals surface area contributed by atoms with E-state index in [4.69, 9.17) is 0 Å². The third-order valence-corrected chi connectivity index (χ3v) is 2.88. The Labute approximate surface area is 57.0 Å². The standard InChI is InChI=1S/C8H14N/c1-8-2-5-9(6-3-8)7-4-8/h1-7H2. The first kappa shape index (κ1) is 5.72. The van der Waals surface area contributed by atoms with Crippen LogP contribution in [0.15, 0.2) is 0 Å². The molecule has 3 saturated heterocycles. The topological polar surface area (TPSA) is 3.24 Å². The highest BCUT2D eigenvalue weighted by molar-refractivity contribution is 4.93. The SMILES string of the molecule is [CH2]C12CCN(CC1)CC2. The van der Waals surface area contributed by atoms with Crippen molar-refractivity contribution in [2.45, 2.75) is 19.3 Å². The van der Waals surface area contributed by atoms with Crippen LogP contribution in [-0.2, 0) is 0 Å². The summed E-state index contributed by atoms with van der Waals surface area (Å²) in [7, 11) is 0. The van der Waals surface area contributed by atoms with Crippen LogP contribution in [0.1, 0.15) is 19.3 Å². The Morgan fingerprint density at radius 3 is 1.67 bits per heavy atom. The van der Waals surface area contributed by atoms with E-state index in [1.807, 2.05) is 0 Å². The fourth-order valence-corrected chi connectivity index (χ4v) is 1.90. The molecule has 0 saturated carbocycles. The maximum Gasteiger partial charge on any atom is -0.00134 e. The van der Waals surface area contributed by atoms with E-state index in [0.29, 0.717) is 5.41 Å². The molecule has 0 unspecified atom stereocenters. The molecule has 51 valence electrons. The zero-order valence-corrected chi connectivity index (χ0v) is 5.90. The van der Waals surface area contributed by atoms with Crippen molar-refractivity contribution in [1.82, 2.24) is 4.90 Å². The van der Waals surface area contributed by atoms with Crippen LogP contribution in [0.25, 0.3) is 0 Å². The summed E-state index contributed by atoms with van der Waals surface area (Å²) in [5.41, 5.74) is 0.495. The van der Waals surface area contributed by atoms with Crippen molar-refractivity contribution in [1.29, 1.82) is 0 Å². The molecular formula is C8H14N. The van der Waals surface area contributed by atoms with E-state index in [0.717, 1.165) is 0 Å². The van der Waals surface area contributed by atoms with Gasteiger partial charge in [-0.3, -0.25) is 0 Å². The minimum Gasteiger partial charge on any atom is -0.303 e. The second-order valence-corrected chi connectivity index (χ2v) is 3.59. The lowest BCUT2D eigenvalue weighted by atomic mass is 9.74.